The van der Waals surface area contributed by atoms with Gasteiger partial charge in [0.2, 0.25) is 0 Å². The summed E-state index contributed by atoms with van der Waals surface area (Å²) in [5.41, 5.74) is 11.9. The number of nitrogens with two attached hydrogens (primary N) is 1. The number of H-pyrrole nitrogens is 2. The molecule has 0 atom stereocenters. The second-order valence-electron chi connectivity index (χ2n) is 7.72. The minimum Gasteiger partial charge on any atom is -0.497 e. The van der Waals surface area contributed by atoms with Crippen molar-refractivity contribution in [2.45, 2.75) is 0 Å². The molecular formula is C24H17FN8O. The molecule has 5 aromatic heterocycles. The number of nitrogens with zero attached hydrogens (tertiary/aromatic N) is 5. The first-order valence-corrected chi connectivity index (χ1v) is 10.3. The van der Waals surface area contributed by atoms with Gasteiger partial charge in [0.05, 0.1) is 23.7 Å². The van der Waals surface area contributed by atoms with Crippen LogP contribution in [-0.2, 0) is 0 Å². The lowest BCUT2D eigenvalue weighted by Crippen LogP contribution is -1.89. The summed E-state index contributed by atoms with van der Waals surface area (Å²) in [6.07, 6.45) is 6.67. The molecule has 0 radical (unpaired) electrons. The molecule has 0 unspecified atom stereocenters. The molecule has 166 valence electrons. The molecule has 0 saturated carbocycles. The molecule has 6 rings (SSSR count). The van der Waals surface area contributed by atoms with Crippen molar-refractivity contribution in [3.8, 4) is 39.5 Å². The minimum atomic E-state index is -0.395. The summed E-state index contributed by atoms with van der Waals surface area (Å²) >= 11 is 0. The standard InChI is InChI=1S/C24H17FN8O/c1-34-17-6-12(4-15(25)8-17)18-2-3-28-23-20(18)30-24(31-23)21-19-7-14(10-29-22(19)33-32-21)13-5-16(26)11-27-9-13/h2-11H,26H2,1H3,(H,28,30,31)(H,29,32,33). The summed E-state index contributed by atoms with van der Waals surface area (Å²) in [6.45, 7) is 0. The Balaban J connectivity index is 1.50. The number of hydrogen-bond acceptors (Lipinski definition) is 7. The van der Waals surface area contributed by atoms with Gasteiger partial charge in [0.15, 0.2) is 17.1 Å². The van der Waals surface area contributed by atoms with E-state index >= 15 is 0 Å². The average molecular weight is 452 g/mol. The van der Waals surface area contributed by atoms with Gasteiger partial charge >= 0.3 is 0 Å². The number of fused-ring (bicyclic) bond motifs is 2. The SMILES string of the molecule is COc1cc(F)cc(-c2ccnc3nc(-c4[nH]nc5ncc(-c6cncc(N)c6)cc45)[nH]c23)c1. The molecule has 0 aliphatic rings. The topological polar surface area (TPSA) is 131 Å². The van der Waals surface area contributed by atoms with Gasteiger partial charge in [-0.1, -0.05) is 0 Å². The van der Waals surface area contributed by atoms with E-state index < -0.39 is 5.82 Å². The summed E-state index contributed by atoms with van der Waals surface area (Å²) in [5.74, 6) is 0.563. The summed E-state index contributed by atoms with van der Waals surface area (Å²) in [6, 6.07) is 10.1. The van der Waals surface area contributed by atoms with E-state index in [1.165, 1.54) is 19.2 Å². The normalized spacial score (nSPS) is 11.4. The predicted octanol–water partition coefficient (Wildman–Crippen LogP) is 4.36. The lowest BCUT2D eigenvalue weighted by atomic mass is 10.1. The number of aromatic amines is 2. The van der Waals surface area contributed by atoms with Crippen molar-refractivity contribution in [3.63, 3.8) is 0 Å². The van der Waals surface area contributed by atoms with Crippen LogP contribution in [0.4, 0.5) is 10.1 Å². The molecule has 0 aliphatic heterocycles. The van der Waals surface area contributed by atoms with Gasteiger partial charge in [0, 0.05) is 47.5 Å². The number of pyridine rings is 3. The second kappa shape index (κ2) is 7.62. The average Bonchev–Trinajstić information content (AvgIpc) is 3.47. The van der Waals surface area contributed by atoms with E-state index in [0.29, 0.717) is 45.3 Å². The lowest BCUT2D eigenvalue weighted by Gasteiger charge is -2.06. The highest BCUT2D eigenvalue weighted by molar-refractivity contribution is 5.96. The highest BCUT2D eigenvalue weighted by Crippen LogP contribution is 2.33. The van der Waals surface area contributed by atoms with Crippen LogP contribution in [0.5, 0.6) is 5.75 Å². The largest absolute Gasteiger partial charge is 0.497 e. The molecule has 1 aromatic carbocycles. The summed E-state index contributed by atoms with van der Waals surface area (Å²) < 4.78 is 19.4. The number of rotatable bonds is 4. The highest BCUT2D eigenvalue weighted by atomic mass is 19.1. The van der Waals surface area contributed by atoms with Crippen molar-refractivity contribution in [2.24, 2.45) is 0 Å². The van der Waals surface area contributed by atoms with Gasteiger partial charge in [-0.25, -0.2) is 19.3 Å². The summed E-state index contributed by atoms with van der Waals surface area (Å²) in [4.78, 5) is 21.0. The van der Waals surface area contributed by atoms with Crippen LogP contribution in [0.2, 0.25) is 0 Å². The Labute approximate surface area is 191 Å². The first kappa shape index (κ1) is 19.8. The fourth-order valence-corrected chi connectivity index (χ4v) is 3.96. The van der Waals surface area contributed by atoms with Gasteiger partial charge in [-0.3, -0.25) is 10.1 Å². The third kappa shape index (κ3) is 3.28. The molecule has 4 N–H and O–H groups in total. The molecule has 0 spiro atoms. The number of nitrogens with one attached hydrogen (secondary N) is 2. The van der Waals surface area contributed by atoms with E-state index in [4.69, 9.17) is 10.5 Å². The van der Waals surface area contributed by atoms with Gasteiger partial charge in [-0.15, -0.1) is 0 Å². The van der Waals surface area contributed by atoms with Crippen LogP contribution in [0, 0.1) is 5.82 Å². The smallest absolute Gasteiger partial charge is 0.181 e. The van der Waals surface area contributed by atoms with Crippen molar-refractivity contribution < 1.29 is 9.13 Å². The summed E-state index contributed by atoms with van der Waals surface area (Å²) in [5, 5.41) is 8.09. The van der Waals surface area contributed by atoms with E-state index in [9.17, 15) is 4.39 Å². The van der Waals surface area contributed by atoms with Crippen molar-refractivity contribution in [1.82, 2.24) is 35.1 Å². The van der Waals surface area contributed by atoms with Crippen LogP contribution in [0.15, 0.2) is 61.2 Å². The van der Waals surface area contributed by atoms with Crippen molar-refractivity contribution >= 4 is 27.9 Å². The number of nitrogen functional groups attached to an aromatic ring is 1. The molecule has 9 nitrogen and oxygen atoms in total. The zero-order chi connectivity index (χ0) is 23.2. The summed E-state index contributed by atoms with van der Waals surface area (Å²) in [7, 11) is 1.50. The Morgan fingerprint density at radius 1 is 0.941 bits per heavy atom. The van der Waals surface area contributed by atoms with Crippen LogP contribution in [0.1, 0.15) is 0 Å². The van der Waals surface area contributed by atoms with Crippen LogP contribution < -0.4 is 10.5 Å². The molecular weight excluding hydrogens is 435 g/mol. The maximum absolute atomic E-state index is 14.2. The van der Waals surface area contributed by atoms with Crippen molar-refractivity contribution in [3.05, 3.63) is 67.0 Å². The van der Waals surface area contributed by atoms with Gasteiger partial charge in [0.1, 0.15) is 17.3 Å². The zero-order valence-corrected chi connectivity index (χ0v) is 17.9. The first-order valence-electron chi connectivity index (χ1n) is 10.3. The fourth-order valence-electron chi connectivity index (χ4n) is 3.96. The third-order valence-electron chi connectivity index (χ3n) is 5.55. The van der Waals surface area contributed by atoms with E-state index in [1.54, 1.807) is 36.9 Å². The number of methoxy groups -OCH3 is 1. The number of hydrogen-bond donors (Lipinski definition) is 3. The van der Waals surface area contributed by atoms with Crippen molar-refractivity contribution in [1.29, 1.82) is 0 Å². The molecule has 0 bridgehead atoms. The Hall–Kier alpha value is -4.86. The molecule has 0 fully saturated rings. The van der Waals surface area contributed by atoms with Crippen LogP contribution in [0.25, 0.3) is 56.0 Å². The number of anilines is 1. The van der Waals surface area contributed by atoms with Gasteiger partial charge < -0.3 is 15.5 Å². The lowest BCUT2D eigenvalue weighted by molar-refractivity contribution is 0.411. The molecule has 5 heterocycles. The highest BCUT2D eigenvalue weighted by Gasteiger charge is 2.17. The van der Waals surface area contributed by atoms with Gasteiger partial charge in [0.25, 0.3) is 0 Å². The monoisotopic (exact) mass is 452 g/mol. The fraction of sp³-hybridized carbons (Fsp3) is 0.0417. The van der Waals surface area contributed by atoms with E-state index in [-0.39, 0.29) is 0 Å². The Kier molecular flexibility index (Phi) is 4.44. The van der Waals surface area contributed by atoms with Crippen LogP contribution >= 0.6 is 0 Å². The van der Waals surface area contributed by atoms with Crippen molar-refractivity contribution in [2.75, 3.05) is 12.8 Å². The molecule has 10 heteroatoms. The molecule has 0 amide bonds. The molecule has 0 aliphatic carbocycles. The van der Waals surface area contributed by atoms with E-state index in [0.717, 1.165) is 22.1 Å². The van der Waals surface area contributed by atoms with Gasteiger partial charge in [-0.05, 0) is 35.9 Å². The number of ether oxygens (including phenoxy) is 1. The molecule has 34 heavy (non-hydrogen) atoms. The van der Waals surface area contributed by atoms with Crippen LogP contribution in [-0.4, -0.2) is 42.2 Å². The number of halogens is 1. The molecule has 6 aromatic rings. The maximum Gasteiger partial charge on any atom is 0.181 e. The third-order valence-corrected chi connectivity index (χ3v) is 5.55. The molecule has 0 saturated heterocycles. The predicted molar refractivity (Wildman–Crippen MR) is 126 cm³/mol. The van der Waals surface area contributed by atoms with Crippen LogP contribution in [0.3, 0.4) is 0 Å². The Morgan fingerprint density at radius 3 is 2.68 bits per heavy atom. The first-order chi connectivity index (χ1) is 16.6. The number of benzene rings is 1. The van der Waals surface area contributed by atoms with Gasteiger partial charge in [-0.2, -0.15) is 5.10 Å². The van der Waals surface area contributed by atoms with E-state index in [2.05, 4.69) is 35.1 Å². The Bertz CT molecular complexity index is 1690. The minimum absolute atomic E-state index is 0.395. The second-order valence-corrected chi connectivity index (χ2v) is 7.72. The Morgan fingerprint density at radius 2 is 1.82 bits per heavy atom. The zero-order valence-electron chi connectivity index (χ0n) is 17.9. The quantitative estimate of drug-likeness (QED) is 0.362. The number of aromatic nitrogens is 7. The number of imidazole rings is 1. The van der Waals surface area contributed by atoms with E-state index in [1.807, 2.05) is 12.1 Å². The maximum atomic E-state index is 14.2.